The lowest BCUT2D eigenvalue weighted by molar-refractivity contribution is -0.856. The summed E-state index contributed by atoms with van der Waals surface area (Å²) in [6.45, 7) is 1.59. The first-order valence-corrected chi connectivity index (χ1v) is 10.0. The fraction of sp³-hybridized carbons (Fsp3) is 0.286. The average Bonchev–Trinajstić information content (AvgIpc) is 3.10. The summed E-state index contributed by atoms with van der Waals surface area (Å²) in [5.41, 5.74) is 2.12. The zero-order valence-electron chi connectivity index (χ0n) is 16.1. The molecular formula is C21H25N4O2S+. The van der Waals surface area contributed by atoms with Gasteiger partial charge in [0.1, 0.15) is 5.75 Å². The van der Waals surface area contributed by atoms with E-state index >= 15 is 0 Å². The molecule has 0 aliphatic rings. The number of hydrogen-bond acceptors (Lipinski definition) is 5. The Morgan fingerprint density at radius 1 is 1.07 bits per heavy atom. The van der Waals surface area contributed by atoms with Gasteiger partial charge in [-0.05, 0) is 23.3 Å². The van der Waals surface area contributed by atoms with Gasteiger partial charge in [0.25, 0.3) is 5.19 Å². The Kier molecular flexibility index (Phi) is 7.11. The number of likely N-dealkylation sites (N-methyl/N-ethyl adjacent to an activating group) is 1. The first-order chi connectivity index (χ1) is 13.6. The van der Waals surface area contributed by atoms with Crippen LogP contribution in [0.15, 0.2) is 54.6 Å². The van der Waals surface area contributed by atoms with Gasteiger partial charge in [-0.1, -0.05) is 42.5 Å². The minimum absolute atomic E-state index is 0.0320. The molecule has 146 valence electrons. The van der Waals surface area contributed by atoms with Gasteiger partial charge in [-0.3, -0.25) is 4.79 Å². The summed E-state index contributed by atoms with van der Waals surface area (Å²) < 4.78 is 10.1. The molecule has 28 heavy (non-hydrogen) atoms. The Balaban J connectivity index is 1.50. The molecule has 0 saturated heterocycles. The van der Waals surface area contributed by atoms with Crippen LogP contribution in [-0.4, -0.2) is 42.4 Å². The van der Waals surface area contributed by atoms with Crippen LogP contribution < -0.4 is 15.0 Å². The van der Waals surface area contributed by atoms with E-state index in [2.05, 4.69) is 40.9 Å². The lowest BCUT2D eigenvalue weighted by atomic mass is 10.1. The van der Waals surface area contributed by atoms with Gasteiger partial charge in [0.05, 0.1) is 33.6 Å². The minimum atomic E-state index is 0.0320. The number of nitrogens with one attached hydrogen (secondary N) is 2. The van der Waals surface area contributed by atoms with Crippen LogP contribution in [0, 0.1) is 0 Å². The highest BCUT2D eigenvalue weighted by Crippen LogP contribution is 2.24. The molecule has 0 aliphatic carbocycles. The molecule has 3 aromatic rings. The quantitative estimate of drug-likeness (QED) is 0.577. The largest absolute Gasteiger partial charge is 0.430 e. The maximum absolute atomic E-state index is 12.0. The molecule has 0 spiro atoms. The highest BCUT2D eigenvalue weighted by molar-refractivity contribution is 7.07. The first-order valence-electron chi connectivity index (χ1n) is 9.27. The number of aromatic nitrogens is 2. The van der Waals surface area contributed by atoms with Crippen LogP contribution in [0.4, 0.5) is 0 Å². The normalized spacial score (nSPS) is 10.8. The van der Waals surface area contributed by atoms with E-state index in [1.807, 2.05) is 42.5 Å². The summed E-state index contributed by atoms with van der Waals surface area (Å²) in [6, 6.07) is 17.6. The molecule has 0 aliphatic heterocycles. The monoisotopic (exact) mass is 397 g/mol. The van der Waals surface area contributed by atoms with Crippen LogP contribution in [0.1, 0.15) is 17.0 Å². The highest BCUT2D eigenvalue weighted by Gasteiger charge is 2.08. The van der Waals surface area contributed by atoms with Crippen molar-refractivity contribution in [2.75, 3.05) is 27.2 Å². The van der Waals surface area contributed by atoms with E-state index in [0.717, 1.165) is 17.9 Å². The summed E-state index contributed by atoms with van der Waals surface area (Å²) >= 11 is 1.24. The Labute approximate surface area is 169 Å². The van der Waals surface area contributed by atoms with Gasteiger partial charge in [-0.25, -0.2) is 0 Å². The smallest absolute Gasteiger partial charge is 0.298 e. The molecule has 2 aromatic carbocycles. The van der Waals surface area contributed by atoms with Crippen molar-refractivity contribution in [3.8, 4) is 10.9 Å². The van der Waals surface area contributed by atoms with E-state index in [9.17, 15) is 4.79 Å². The molecule has 0 radical (unpaired) electrons. The van der Waals surface area contributed by atoms with E-state index in [-0.39, 0.29) is 5.91 Å². The number of hydrogen-bond donors (Lipinski definition) is 2. The van der Waals surface area contributed by atoms with Gasteiger partial charge in [-0.2, -0.15) is 9.36 Å². The second-order valence-electron chi connectivity index (χ2n) is 6.87. The summed E-state index contributed by atoms with van der Waals surface area (Å²) in [5.74, 6) is 1.46. The summed E-state index contributed by atoms with van der Waals surface area (Å²) in [6.07, 6.45) is 1.05. The third-order valence-electron chi connectivity index (χ3n) is 4.09. The molecule has 1 amide bonds. The van der Waals surface area contributed by atoms with Gasteiger partial charge in [0.2, 0.25) is 5.91 Å². The highest BCUT2D eigenvalue weighted by atomic mass is 32.1. The van der Waals surface area contributed by atoms with Crippen molar-refractivity contribution in [3.05, 3.63) is 71.5 Å². The summed E-state index contributed by atoms with van der Waals surface area (Å²) in [5, 5.41) is 3.45. The Bertz CT molecular complexity index is 879. The van der Waals surface area contributed by atoms with Crippen molar-refractivity contribution >= 4 is 17.4 Å². The predicted molar refractivity (Wildman–Crippen MR) is 110 cm³/mol. The van der Waals surface area contributed by atoms with E-state index < -0.39 is 0 Å². The molecule has 0 bridgehead atoms. The second-order valence-corrected chi connectivity index (χ2v) is 7.58. The van der Waals surface area contributed by atoms with Crippen LogP contribution in [0.25, 0.3) is 0 Å². The summed E-state index contributed by atoms with van der Waals surface area (Å²) in [7, 11) is 4.13. The SMILES string of the molecule is C[NH+](C)CCNC(=O)Cc1ccc(Oc2nc(Cc3ccccc3)ns2)cc1. The first kappa shape index (κ1) is 20.0. The van der Waals surface area contributed by atoms with Crippen LogP contribution >= 0.6 is 11.5 Å². The van der Waals surface area contributed by atoms with E-state index in [0.29, 0.717) is 30.3 Å². The lowest BCUT2D eigenvalue weighted by Gasteiger charge is -2.08. The number of benzene rings is 2. The van der Waals surface area contributed by atoms with Gasteiger partial charge in [0.15, 0.2) is 5.82 Å². The van der Waals surface area contributed by atoms with Crippen LogP contribution in [-0.2, 0) is 17.6 Å². The topological polar surface area (TPSA) is 68.5 Å². The third-order valence-corrected chi connectivity index (χ3v) is 4.73. The molecule has 7 heteroatoms. The van der Waals surface area contributed by atoms with Gasteiger partial charge in [-0.15, -0.1) is 0 Å². The molecule has 0 fully saturated rings. The van der Waals surface area contributed by atoms with Crippen LogP contribution in [0.3, 0.4) is 0 Å². The number of carbonyl (C=O) groups is 1. The lowest BCUT2D eigenvalue weighted by Crippen LogP contribution is -3.06. The molecule has 3 rings (SSSR count). The Hall–Kier alpha value is -2.77. The second kappa shape index (κ2) is 9.96. The maximum atomic E-state index is 12.0. The van der Waals surface area contributed by atoms with E-state index in [4.69, 9.17) is 4.74 Å². The van der Waals surface area contributed by atoms with Crippen molar-refractivity contribution in [1.82, 2.24) is 14.7 Å². The van der Waals surface area contributed by atoms with Crippen molar-refractivity contribution < 1.29 is 14.4 Å². The molecule has 6 nitrogen and oxygen atoms in total. The van der Waals surface area contributed by atoms with Crippen molar-refractivity contribution in [2.45, 2.75) is 12.8 Å². The van der Waals surface area contributed by atoms with Crippen LogP contribution in [0.5, 0.6) is 10.9 Å². The number of nitrogens with zero attached hydrogens (tertiary/aromatic N) is 2. The fourth-order valence-electron chi connectivity index (χ4n) is 2.61. The molecule has 0 unspecified atom stereocenters. The number of quaternary nitrogens is 1. The molecular weight excluding hydrogens is 372 g/mol. The molecule has 1 aromatic heterocycles. The van der Waals surface area contributed by atoms with Gasteiger partial charge >= 0.3 is 0 Å². The Morgan fingerprint density at radius 3 is 2.54 bits per heavy atom. The predicted octanol–water partition coefficient (Wildman–Crippen LogP) is 1.72. The Morgan fingerprint density at radius 2 is 1.82 bits per heavy atom. The van der Waals surface area contributed by atoms with Gasteiger partial charge < -0.3 is 15.0 Å². The molecule has 1 heterocycles. The number of rotatable bonds is 9. The van der Waals surface area contributed by atoms with Crippen LogP contribution in [0.2, 0.25) is 0 Å². The zero-order chi connectivity index (χ0) is 19.8. The molecule has 2 N–H and O–H groups in total. The fourth-order valence-corrected chi connectivity index (χ4v) is 3.17. The third kappa shape index (κ3) is 6.44. The van der Waals surface area contributed by atoms with E-state index in [1.165, 1.54) is 22.0 Å². The molecule has 0 saturated carbocycles. The standard InChI is InChI=1S/C21H24N4O2S/c1-25(2)13-12-22-20(26)15-17-8-10-18(11-9-17)27-21-23-19(24-28-21)14-16-6-4-3-5-7-16/h3-11H,12-15H2,1-2H3,(H,22,26)/p+1. The van der Waals surface area contributed by atoms with Crippen molar-refractivity contribution in [1.29, 1.82) is 0 Å². The molecule has 0 atom stereocenters. The number of carbonyl (C=O) groups excluding carboxylic acids is 1. The minimum Gasteiger partial charge on any atom is -0.430 e. The van der Waals surface area contributed by atoms with Gasteiger partial charge in [0, 0.05) is 18.0 Å². The maximum Gasteiger partial charge on any atom is 0.298 e. The van der Waals surface area contributed by atoms with Crippen molar-refractivity contribution in [3.63, 3.8) is 0 Å². The van der Waals surface area contributed by atoms with E-state index in [1.54, 1.807) is 0 Å². The zero-order valence-corrected chi connectivity index (χ0v) is 17.0. The average molecular weight is 398 g/mol. The summed E-state index contributed by atoms with van der Waals surface area (Å²) in [4.78, 5) is 17.7. The number of ether oxygens (including phenoxy) is 1. The van der Waals surface area contributed by atoms with Crippen molar-refractivity contribution in [2.24, 2.45) is 0 Å². The number of amides is 1.